The molecule has 2 fully saturated rings. The number of hydrogen-bond acceptors (Lipinski definition) is 3. The van der Waals surface area contributed by atoms with E-state index >= 15 is 0 Å². The summed E-state index contributed by atoms with van der Waals surface area (Å²) in [5.41, 5.74) is 0. The van der Waals surface area contributed by atoms with Crippen molar-refractivity contribution in [3.05, 3.63) is 41.4 Å². The van der Waals surface area contributed by atoms with Crippen LogP contribution in [0.2, 0.25) is 5.02 Å². The summed E-state index contributed by atoms with van der Waals surface area (Å²) >= 11 is 6.29. The highest BCUT2D eigenvalue weighted by atomic mass is 35.5. The van der Waals surface area contributed by atoms with Crippen LogP contribution in [0.3, 0.4) is 0 Å². The number of hydrogen-bond donors (Lipinski definition) is 0. The molecular weight excluding hydrogens is 372 g/mol. The van der Waals surface area contributed by atoms with Crippen molar-refractivity contribution in [1.82, 2.24) is 9.80 Å². The van der Waals surface area contributed by atoms with Crippen LogP contribution in [0.5, 0.6) is 5.75 Å². The molecule has 2 aromatic carbocycles. The monoisotopic (exact) mass is 400 g/mol. The van der Waals surface area contributed by atoms with Crippen LogP contribution in [0.25, 0.3) is 10.8 Å². The van der Waals surface area contributed by atoms with Crippen molar-refractivity contribution in [2.75, 3.05) is 26.7 Å². The highest BCUT2D eigenvalue weighted by molar-refractivity contribution is 6.35. The molecule has 0 unspecified atom stereocenters. The molecule has 1 saturated carbocycles. The lowest BCUT2D eigenvalue weighted by Crippen LogP contribution is -2.53. The van der Waals surface area contributed by atoms with Crippen LogP contribution < -0.4 is 4.74 Å². The van der Waals surface area contributed by atoms with Crippen LogP contribution in [0.1, 0.15) is 38.5 Å². The molecule has 4 nitrogen and oxygen atoms in total. The average Bonchev–Trinajstić information content (AvgIpc) is 3.27. The summed E-state index contributed by atoms with van der Waals surface area (Å²) in [5.74, 6) is 0.761. The fraction of sp³-hybridized carbons (Fsp3) is 0.522. The SMILES string of the molecule is CN(C(=O)COc1ccc(Cl)c2ccccc12)[C@@H]1CCCC[C@H]1N1CCCC1. The fourth-order valence-electron chi connectivity index (χ4n) is 4.83. The van der Waals surface area contributed by atoms with Crippen molar-refractivity contribution in [2.45, 2.75) is 50.6 Å². The van der Waals surface area contributed by atoms with Crippen molar-refractivity contribution in [3.63, 3.8) is 0 Å². The molecular formula is C23H29ClN2O2. The molecule has 2 atom stereocenters. The molecule has 1 aliphatic heterocycles. The van der Waals surface area contributed by atoms with Gasteiger partial charge in [-0.1, -0.05) is 48.7 Å². The van der Waals surface area contributed by atoms with Crippen LogP contribution in [0.4, 0.5) is 0 Å². The predicted molar refractivity (Wildman–Crippen MR) is 114 cm³/mol. The van der Waals surface area contributed by atoms with Gasteiger partial charge in [0.1, 0.15) is 5.75 Å². The van der Waals surface area contributed by atoms with Crippen LogP contribution in [0, 0.1) is 0 Å². The molecule has 4 rings (SSSR count). The number of fused-ring (bicyclic) bond motifs is 1. The topological polar surface area (TPSA) is 32.8 Å². The summed E-state index contributed by atoms with van der Waals surface area (Å²) in [5, 5.41) is 2.59. The minimum atomic E-state index is 0.0510. The van der Waals surface area contributed by atoms with Gasteiger partial charge in [-0.25, -0.2) is 0 Å². The van der Waals surface area contributed by atoms with Gasteiger partial charge in [0.25, 0.3) is 5.91 Å². The Kier molecular flexibility index (Phi) is 6.07. The first-order chi connectivity index (χ1) is 13.6. The molecule has 1 aliphatic carbocycles. The Morgan fingerprint density at radius 1 is 1.07 bits per heavy atom. The zero-order chi connectivity index (χ0) is 19.5. The maximum absolute atomic E-state index is 12.9. The lowest BCUT2D eigenvalue weighted by atomic mass is 9.88. The number of carbonyl (C=O) groups is 1. The Hall–Kier alpha value is -1.78. The average molecular weight is 401 g/mol. The second kappa shape index (κ2) is 8.71. The van der Waals surface area contributed by atoms with Crippen molar-refractivity contribution in [1.29, 1.82) is 0 Å². The number of halogens is 1. The second-order valence-corrected chi connectivity index (χ2v) is 8.45. The Bertz CT molecular complexity index is 834. The third-order valence-corrected chi connectivity index (χ3v) is 6.71. The van der Waals surface area contributed by atoms with Crippen LogP contribution in [-0.2, 0) is 4.79 Å². The van der Waals surface area contributed by atoms with Crippen molar-refractivity contribution < 1.29 is 9.53 Å². The van der Waals surface area contributed by atoms with Crippen LogP contribution in [-0.4, -0.2) is 54.5 Å². The van der Waals surface area contributed by atoms with E-state index in [9.17, 15) is 4.79 Å². The molecule has 2 aliphatic rings. The normalized spacial score (nSPS) is 23.1. The molecule has 2 aromatic rings. The summed E-state index contributed by atoms with van der Waals surface area (Å²) in [6.07, 6.45) is 7.34. The molecule has 150 valence electrons. The zero-order valence-corrected chi connectivity index (χ0v) is 17.3. The number of likely N-dealkylation sites (tertiary alicyclic amines) is 1. The summed E-state index contributed by atoms with van der Waals surface area (Å²) in [6.45, 7) is 2.41. The fourth-order valence-corrected chi connectivity index (χ4v) is 5.06. The molecule has 1 amide bonds. The lowest BCUT2D eigenvalue weighted by Gasteiger charge is -2.42. The van der Waals surface area contributed by atoms with Gasteiger partial charge >= 0.3 is 0 Å². The molecule has 1 heterocycles. The minimum Gasteiger partial charge on any atom is -0.483 e. The van der Waals surface area contributed by atoms with E-state index in [1.54, 1.807) is 0 Å². The standard InChI is InChI=1S/C23H29ClN2O2/c1-25(20-10-4-5-11-21(20)26-14-6-7-15-26)23(27)16-28-22-13-12-19(24)17-8-2-3-9-18(17)22/h2-3,8-9,12-13,20-21H,4-7,10-11,14-16H2,1H3/t20-,21-/m1/s1. The number of amides is 1. The Balaban J connectivity index is 1.44. The van der Waals surface area contributed by atoms with Gasteiger partial charge in [-0.05, 0) is 50.9 Å². The van der Waals surface area contributed by atoms with Gasteiger partial charge in [0.05, 0.1) is 0 Å². The molecule has 0 radical (unpaired) electrons. The van der Waals surface area contributed by atoms with Gasteiger partial charge in [-0.3, -0.25) is 9.69 Å². The smallest absolute Gasteiger partial charge is 0.260 e. The van der Waals surface area contributed by atoms with Gasteiger partial charge in [0.2, 0.25) is 0 Å². The van der Waals surface area contributed by atoms with Gasteiger partial charge < -0.3 is 9.64 Å². The number of likely N-dealkylation sites (N-methyl/N-ethyl adjacent to an activating group) is 1. The number of carbonyl (C=O) groups excluding carboxylic acids is 1. The highest BCUT2D eigenvalue weighted by Crippen LogP contribution is 2.32. The molecule has 0 N–H and O–H groups in total. The number of nitrogens with zero attached hydrogens (tertiary/aromatic N) is 2. The molecule has 0 aromatic heterocycles. The molecule has 1 saturated heterocycles. The summed E-state index contributed by atoms with van der Waals surface area (Å²) in [6, 6.07) is 12.4. The van der Waals surface area contributed by atoms with E-state index in [2.05, 4.69) is 4.90 Å². The number of benzene rings is 2. The summed E-state index contributed by atoms with van der Waals surface area (Å²) < 4.78 is 5.95. The van der Waals surface area contributed by atoms with Gasteiger partial charge in [-0.2, -0.15) is 0 Å². The minimum absolute atomic E-state index is 0.0510. The maximum Gasteiger partial charge on any atom is 0.260 e. The van der Waals surface area contributed by atoms with Crippen molar-refractivity contribution >= 4 is 28.3 Å². The largest absolute Gasteiger partial charge is 0.483 e. The predicted octanol–water partition coefficient (Wildman–Crippen LogP) is 4.74. The van der Waals surface area contributed by atoms with E-state index in [-0.39, 0.29) is 12.5 Å². The second-order valence-electron chi connectivity index (χ2n) is 8.05. The first-order valence-corrected chi connectivity index (χ1v) is 10.8. The quantitative estimate of drug-likeness (QED) is 0.726. The maximum atomic E-state index is 12.9. The number of ether oxygens (including phenoxy) is 1. The summed E-state index contributed by atoms with van der Waals surface area (Å²) in [4.78, 5) is 17.5. The van der Waals surface area contributed by atoms with Crippen LogP contribution >= 0.6 is 11.6 Å². The van der Waals surface area contributed by atoms with Crippen LogP contribution in [0.15, 0.2) is 36.4 Å². The number of rotatable bonds is 5. The third-order valence-electron chi connectivity index (χ3n) is 6.38. The highest BCUT2D eigenvalue weighted by Gasteiger charge is 2.35. The van der Waals surface area contributed by atoms with E-state index in [4.69, 9.17) is 16.3 Å². The van der Waals surface area contributed by atoms with Gasteiger partial charge in [-0.15, -0.1) is 0 Å². The van der Waals surface area contributed by atoms with E-state index < -0.39 is 0 Å². The zero-order valence-electron chi connectivity index (χ0n) is 16.6. The van der Waals surface area contributed by atoms with E-state index in [1.807, 2.05) is 48.3 Å². The Labute approximate surface area is 172 Å². The first kappa shape index (κ1) is 19.5. The van der Waals surface area contributed by atoms with Crippen molar-refractivity contribution in [2.24, 2.45) is 0 Å². The van der Waals surface area contributed by atoms with Gasteiger partial charge in [0, 0.05) is 34.9 Å². The Morgan fingerprint density at radius 2 is 1.79 bits per heavy atom. The van der Waals surface area contributed by atoms with Gasteiger partial charge in [0.15, 0.2) is 6.61 Å². The van der Waals surface area contributed by atoms with E-state index in [1.165, 1.54) is 45.2 Å². The van der Waals surface area contributed by atoms with E-state index in [0.717, 1.165) is 17.2 Å². The molecule has 5 heteroatoms. The molecule has 28 heavy (non-hydrogen) atoms. The Morgan fingerprint density at radius 3 is 2.57 bits per heavy atom. The van der Waals surface area contributed by atoms with Crippen molar-refractivity contribution in [3.8, 4) is 5.75 Å². The van der Waals surface area contributed by atoms with E-state index in [0.29, 0.717) is 22.9 Å². The summed E-state index contributed by atoms with van der Waals surface area (Å²) in [7, 11) is 1.95. The first-order valence-electron chi connectivity index (χ1n) is 10.4. The third kappa shape index (κ3) is 3.99. The molecule has 0 bridgehead atoms. The lowest BCUT2D eigenvalue weighted by molar-refractivity contribution is -0.136. The molecule has 0 spiro atoms.